The van der Waals surface area contributed by atoms with Crippen molar-refractivity contribution in [3.8, 4) is 0 Å². The fourth-order valence-electron chi connectivity index (χ4n) is 3.24. The molecule has 2 rings (SSSR count). The molecule has 2 N–H and O–H groups in total. The third kappa shape index (κ3) is 5.81. The molecule has 0 unspecified atom stereocenters. The van der Waals surface area contributed by atoms with Crippen molar-refractivity contribution in [1.29, 1.82) is 0 Å². The highest BCUT2D eigenvalue weighted by Crippen LogP contribution is 2.25. The number of rotatable bonds is 5. The third-order valence-electron chi connectivity index (χ3n) is 4.89. The summed E-state index contributed by atoms with van der Waals surface area (Å²) in [6, 6.07) is 7.06. The predicted octanol–water partition coefficient (Wildman–Crippen LogP) is 3.30. The summed E-state index contributed by atoms with van der Waals surface area (Å²) in [5.41, 5.74) is 0.594. The van der Waals surface area contributed by atoms with Gasteiger partial charge in [0.1, 0.15) is 0 Å². The van der Waals surface area contributed by atoms with Crippen LogP contribution in [0.4, 0.5) is 5.69 Å². The maximum atomic E-state index is 12.7. The van der Waals surface area contributed by atoms with Gasteiger partial charge in [-0.25, -0.2) is 0 Å². The molecular formula is C22H33N3O3. The maximum Gasteiger partial charge on any atom is 0.253 e. The lowest BCUT2D eigenvalue weighted by Gasteiger charge is -2.35. The van der Waals surface area contributed by atoms with Crippen molar-refractivity contribution < 1.29 is 14.4 Å². The van der Waals surface area contributed by atoms with Crippen molar-refractivity contribution >= 4 is 23.4 Å². The van der Waals surface area contributed by atoms with Crippen LogP contribution in [0, 0.1) is 17.3 Å². The first-order valence-electron chi connectivity index (χ1n) is 10.1. The van der Waals surface area contributed by atoms with E-state index >= 15 is 0 Å². The molecule has 1 saturated heterocycles. The smallest absolute Gasteiger partial charge is 0.253 e. The van der Waals surface area contributed by atoms with Crippen LogP contribution in [-0.2, 0) is 9.59 Å². The number of nitrogens with zero attached hydrogens (tertiary/aromatic N) is 1. The minimum absolute atomic E-state index is 0.0908. The van der Waals surface area contributed by atoms with Gasteiger partial charge in [-0.1, -0.05) is 46.8 Å². The van der Waals surface area contributed by atoms with Gasteiger partial charge in [0.25, 0.3) is 5.91 Å². The number of carbonyl (C=O) groups is 3. The van der Waals surface area contributed by atoms with Crippen LogP contribution < -0.4 is 10.6 Å². The number of carbonyl (C=O) groups excluding carboxylic acids is 3. The molecule has 0 radical (unpaired) electrons. The fourth-order valence-corrected chi connectivity index (χ4v) is 3.24. The minimum Gasteiger partial charge on any atom is -0.352 e. The number of benzene rings is 1. The van der Waals surface area contributed by atoms with Crippen molar-refractivity contribution in [2.45, 2.75) is 47.5 Å². The fraction of sp³-hybridized carbons (Fsp3) is 0.591. The third-order valence-corrected chi connectivity index (χ3v) is 4.89. The van der Waals surface area contributed by atoms with Crippen LogP contribution in [0.2, 0.25) is 0 Å². The van der Waals surface area contributed by atoms with Crippen LogP contribution in [0.1, 0.15) is 57.8 Å². The summed E-state index contributed by atoms with van der Waals surface area (Å²) in [4.78, 5) is 39.4. The minimum atomic E-state index is -0.405. The standard InChI is InChI=1S/C22H33N3O3/c1-15(2)14-23-20(27)17-8-6-7-9-18(17)24-19(26)16-10-12-25(13-11-16)21(28)22(3,4)5/h6-9,15-16H,10-14H2,1-5H3,(H,23,27)(H,24,26). The zero-order valence-corrected chi connectivity index (χ0v) is 17.7. The number of amides is 3. The zero-order chi connectivity index (χ0) is 20.9. The largest absolute Gasteiger partial charge is 0.352 e. The van der Waals surface area contributed by atoms with E-state index in [1.165, 1.54) is 0 Å². The molecule has 1 aliphatic heterocycles. The summed E-state index contributed by atoms with van der Waals surface area (Å²) in [6.07, 6.45) is 1.27. The van der Waals surface area contributed by atoms with Crippen LogP contribution in [0.5, 0.6) is 0 Å². The number of para-hydroxylation sites is 1. The summed E-state index contributed by atoms with van der Waals surface area (Å²) in [6.45, 7) is 11.6. The molecule has 0 saturated carbocycles. The van der Waals surface area contributed by atoms with Crippen molar-refractivity contribution in [2.24, 2.45) is 17.3 Å². The second-order valence-corrected chi connectivity index (χ2v) is 8.96. The summed E-state index contributed by atoms with van der Waals surface area (Å²) in [5.74, 6) is 0.0446. The molecule has 1 aromatic rings. The van der Waals surface area contributed by atoms with Gasteiger partial charge in [-0.15, -0.1) is 0 Å². The Morgan fingerprint density at radius 3 is 2.29 bits per heavy atom. The Hall–Kier alpha value is -2.37. The van der Waals surface area contributed by atoms with Gasteiger partial charge in [0.15, 0.2) is 0 Å². The first-order chi connectivity index (χ1) is 13.1. The van der Waals surface area contributed by atoms with Crippen molar-refractivity contribution in [2.75, 3.05) is 25.0 Å². The SMILES string of the molecule is CC(C)CNC(=O)c1ccccc1NC(=O)C1CCN(C(=O)C(C)(C)C)CC1. The molecule has 0 atom stereocenters. The summed E-state index contributed by atoms with van der Waals surface area (Å²) in [7, 11) is 0. The molecule has 0 aromatic heterocycles. The van der Waals surface area contributed by atoms with Gasteiger partial charge < -0.3 is 15.5 Å². The van der Waals surface area contributed by atoms with E-state index in [0.717, 1.165) is 0 Å². The first kappa shape index (κ1) is 21.9. The summed E-state index contributed by atoms with van der Waals surface area (Å²) >= 11 is 0. The first-order valence-corrected chi connectivity index (χ1v) is 10.1. The Bertz CT molecular complexity index is 714. The molecule has 0 bridgehead atoms. The monoisotopic (exact) mass is 387 g/mol. The van der Waals surface area contributed by atoms with E-state index in [9.17, 15) is 14.4 Å². The number of likely N-dealkylation sites (tertiary alicyclic amines) is 1. The molecule has 28 heavy (non-hydrogen) atoms. The number of hydrogen-bond acceptors (Lipinski definition) is 3. The normalized spacial score (nSPS) is 15.4. The van der Waals surface area contributed by atoms with Crippen LogP contribution in [-0.4, -0.2) is 42.3 Å². The zero-order valence-electron chi connectivity index (χ0n) is 17.7. The quantitative estimate of drug-likeness (QED) is 0.814. The molecule has 6 heteroatoms. The molecule has 3 amide bonds. The van der Waals surface area contributed by atoms with E-state index < -0.39 is 5.41 Å². The van der Waals surface area contributed by atoms with Crippen molar-refractivity contribution in [3.05, 3.63) is 29.8 Å². The highest BCUT2D eigenvalue weighted by Gasteiger charge is 2.32. The molecule has 1 aromatic carbocycles. The van der Waals surface area contributed by atoms with Gasteiger partial charge >= 0.3 is 0 Å². The Kier molecular flexibility index (Phi) is 7.22. The number of piperidine rings is 1. The second kappa shape index (κ2) is 9.22. The van der Waals surface area contributed by atoms with Crippen LogP contribution in [0.15, 0.2) is 24.3 Å². The predicted molar refractivity (Wildman–Crippen MR) is 111 cm³/mol. The van der Waals surface area contributed by atoms with Gasteiger partial charge in [0, 0.05) is 31.0 Å². The molecule has 1 fully saturated rings. The number of anilines is 1. The second-order valence-electron chi connectivity index (χ2n) is 8.96. The van der Waals surface area contributed by atoms with Crippen molar-refractivity contribution in [1.82, 2.24) is 10.2 Å². The number of hydrogen-bond donors (Lipinski definition) is 2. The van der Waals surface area contributed by atoms with E-state index in [4.69, 9.17) is 0 Å². The van der Waals surface area contributed by atoms with E-state index in [1.807, 2.05) is 39.5 Å². The number of nitrogens with one attached hydrogen (secondary N) is 2. The lowest BCUT2D eigenvalue weighted by atomic mass is 9.90. The summed E-state index contributed by atoms with van der Waals surface area (Å²) in [5, 5.41) is 5.81. The Balaban J connectivity index is 1.97. The molecule has 0 aliphatic carbocycles. The van der Waals surface area contributed by atoms with Gasteiger partial charge in [-0.05, 0) is 30.9 Å². The van der Waals surface area contributed by atoms with E-state index in [-0.39, 0.29) is 23.6 Å². The average molecular weight is 388 g/mol. The molecule has 154 valence electrons. The average Bonchev–Trinajstić information content (AvgIpc) is 2.65. The molecule has 1 heterocycles. The van der Waals surface area contributed by atoms with Gasteiger partial charge in [0.05, 0.1) is 11.3 Å². The van der Waals surface area contributed by atoms with E-state index in [1.54, 1.807) is 24.3 Å². The van der Waals surface area contributed by atoms with E-state index in [0.29, 0.717) is 49.6 Å². The molecular weight excluding hydrogens is 354 g/mol. The van der Waals surface area contributed by atoms with Crippen LogP contribution in [0.3, 0.4) is 0 Å². The van der Waals surface area contributed by atoms with Crippen LogP contribution >= 0.6 is 0 Å². The lowest BCUT2D eigenvalue weighted by Crippen LogP contribution is -2.45. The van der Waals surface area contributed by atoms with Gasteiger partial charge in [-0.3, -0.25) is 14.4 Å². The molecule has 0 spiro atoms. The highest BCUT2D eigenvalue weighted by molar-refractivity contribution is 6.04. The van der Waals surface area contributed by atoms with Crippen molar-refractivity contribution in [3.63, 3.8) is 0 Å². The maximum absolute atomic E-state index is 12.7. The highest BCUT2D eigenvalue weighted by atomic mass is 16.2. The molecule has 1 aliphatic rings. The topological polar surface area (TPSA) is 78.5 Å². The van der Waals surface area contributed by atoms with Crippen LogP contribution in [0.25, 0.3) is 0 Å². The molecule has 6 nitrogen and oxygen atoms in total. The summed E-state index contributed by atoms with van der Waals surface area (Å²) < 4.78 is 0. The van der Waals surface area contributed by atoms with Gasteiger partial charge in [-0.2, -0.15) is 0 Å². The Morgan fingerprint density at radius 2 is 1.71 bits per heavy atom. The Morgan fingerprint density at radius 1 is 1.11 bits per heavy atom. The lowest BCUT2D eigenvalue weighted by molar-refractivity contribution is -0.142. The van der Waals surface area contributed by atoms with E-state index in [2.05, 4.69) is 10.6 Å². The van der Waals surface area contributed by atoms with Gasteiger partial charge in [0.2, 0.25) is 11.8 Å². The Labute approximate surface area is 168 Å².